The van der Waals surface area contributed by atoms with Crippen LogP contribution in [0, 0.1) is 16.0 Å². The number of ether oxygens (including phenoxy) is 1. The molecule has 1 aliphatic heterocycles. The fraction of sp³-hybridized carbons (Fsp3) is 0.269. The van der Waals surface area contributed by atoms with Gasteiger partial charge in [-0.05, 0) is 42.3 Å². The van der Waals surface area contributed by atoms with Gasteiger partial charge < -0.3 is 20.3 Å². The fourth-order valence-corrected chi connectivity index (χ4v) is 4.44. The molecule has 37 heavy (non-hydrogen) atoms. The molecule has 1 aromatic heterocycles. The molecule has 2 heterocycles. The van der Waals surface area contributed by atoms with Crippen molar-refractivity contribution < 1.29 is 19.2 Å². The maximum atomic E-state index is 13.8. The highest BCUT2D eigenvalue weighted by molar-refractivity contribution is 9.10. The molecule has 10 nitrogen and oxygen atoms in total. The van der Waals surface area contributed by atoms with Gasteiger partial charge in [0, 0.05) is 34.9 Å². The lowest BCUT2D eigenvalue weighted by Crippen LogP contribution is -2.48. The topological polar surface area (TPSA) is 127 Å². The summed E-state index contributed by atoms with van der Waals surface area (Å²) in [5.41, 5.74) is 1.05. The molecule has 0 saturated heterocycles. The summed E-state index contributed by atoms with van der Waals surface area (Å²) in [5, 5.41) is 16.9. The molecule has 2 aromatic carbocycles. The van der Waals surface area contributed by atoms with Crippen LogP contribution in [0.4, 0.5) is 17.2 Å². The minimum Gasteiger partial charge on any atom is -0.480 e. The van der Waals surface area contributed by atoms with E-state index in [2.05, 4.69) is 31.5 Å². The lowest BCUT2D eigenvalue weighted by atomic mass is 10.0. The summed E-state index contributed by atoms with van der Waals surface area (Å²) in [6.45, 7) is 4.19. The minimum absolute atomic E-state index is 0.120. The first kappa shape index (κ1) is 26.1. The number of para-hydroxylation sites is 1. The van der Waals surface area contributed by atoms with E-state index in [1.165, 1.54) is 17.0 Å². The number of fused-ring (bicyclic) bond motifs is 1. The number of pyridine rings is 1. The van der Waals surface area contributed by atoms with Crippen LogP contribution in [0.25, 0.3) is 0 Å². The lowest BCUT2D eigenvalue weighted by Gasteiger charge is -2.31. The number of hydrogen-bond acceptors (Lipinski definition) is 7. The number of carbonyl (C=O) groups is 2. The quantitative estimate of drug-likeness (QED) is 0.296. The van der Waals surface area contributed by atoms with Crippen LogP contribution in [0.5, 0.6) is 5.75 Å². The summed E-state index contributed by atoms with van der Waals surface area (Å²) in [6, 6.07) is 16.3. The normalized spacial score (nSPS) is 17.0. The van der Waals surface area contributed by atoms with E-state index < -0.39 is 17.1 Å². The molecule has 2 unspecified atom stereocenters. The molecule has 2 amide bonds. The second kappa shape index (κ2) is 11.4. The van der Waals surface area contributed by atoms with Crippen molar-refractivity contribution in [3.63, 3.8) is 0 Å². The first-order valence-electron chi connectivity index (χ1n) is 11.7. The first-order valence-corrected chi connectivity index (χ1v) is 12.5. The molecule has 3 aromatic rings. The van der Waals surface area contributed by atoms with Gasteiger partial charge in [0.2, 0.25) is 0 Å². The van der Waals surface area contributed by atoms with Crippen molar-refractivity contribution in [3.8, 4) is 5.75 Å². The van der Waals surface area contributed by atoms with Gasteiger partial charge in [0.05, 0.1) is 4.92 Å². The van der Waals surface area contributed by atoms with Gasteiger partial charge >= 0.3 is 0 Å². The summed E-state index contributed by atoms with van der Waals surface area (Å²) < 4.78 is 6.90. The molecular weight excluding hydrogens is 542 g/mol. The highest BCUT2D eigenvalue weighted by Gasteiger charge is 2.41. The standard InChI is InChI=1S/C26H26BrN5O5/c1-16(2)24-26(34)31(13-12-28-22-11-9-19(15-29-22)32(35)36)23(20-14-17(27)8-10-21(20)37-24)25(33)30-18-6-4-3-5-7-18/h3-11,14-16,23-24H,12-13H2,1-2H3,(H,28,29)(H,30,33). The van der Waals surface area contributed by atoms with Gasteiger partial charge in [0.25, 0.3) is 17.5 Å². The lowest BCUT2D eigenvalue weighted by molar-refractivity contribution is -0.385. The number of amides is 2. The number of rotatable bonds is 8. The summed E-state index contributed by atoms with van der Waals surface area (Å²) >= 11 is 3.48. The van der Waals surface area contributed by atoms with Crippen molar-refractivity contribution >= 4 is 44.9 Å². The molecule has 2 atom stereocenters. The Hall–Kier alpha value is -3.99. The number of nitrogens with zero attached hydrogens (tertiary/aromatic N) is 3. The van der Waals surface area contributed by atoms with E-state index in [1.54, 1.807) is 24.3 Å². The zero-order chi connectivity index (χ0) is 26.5. The second-order valence-corrected chi connectivity index (χ2v) is 9.76. The van der Waals surface area contributed by atoms with Gasteiger partial charge in [-0.2, -0.15) is 0 Å². The highest BCUT2D eigenvalue weighted by Crippen LogP contribution is 2.38. The molecule has 1 aliphatic rings. The third kappa shape index (κ3) is 6.05. The Morgan fingerprint density at radius 1 is 1.19 bits per heavy atom. The average molecular weight is 568 g/mol. The molecule has 2 N–H and O–H groups in total. The van der Waals surface area contributed by atoms with E-state index >= 15 is 0 Å². The van der Waals surface area contributed by atoms with Crippen molar-refractivity contribution in [1.82, 2.24) is 9.88 Å². The number of aromatic nitrogens is 1. The molecule has 0 aliphatic carbocycles. The maximum Gasteiger partial charge on any atom is 0.287 e. The van der Waals surface area contributed by atoms with Crippen LogP contribution < -0.4 is 15.4 Å². The van der Waals surface area contributed by atoms with Crippen LogP contribution in [-0.4, -0.2) is 45.8 Å². The molecule has 192 valence electrons. The van der Waals surface area contributed by atoms with Gasteiger partial charge in [-0.25, -0.2) is 4.98 Å². The minimum atomic E-state index is -0.962. The van der Waals surface area contributed by atoms with Crippen molar-refractivity contribution in [1.29, 1.82) is 0 Å². The number of nitro groups is 1. The van der Waals surface area contributed by atoms with E-state index in [0.29, 0.717) is 22.8 Å². The van der Waals surface area contributed by atoms with E-state index in [9.17, 15) is 19.7 Å². The third-order valence-electron chi connectivity index (χ3n) is 5.87. The first-order chi connectivity index (χ1) is 17.7. The van der Waals surface area contributed by atoms with Crippen molar-refractivity contribution in [2.75, 3.05) is 23.7 Å². The Kier molecular flexibility index (Phi) is 8.02. The van der Waals surface area contributed by atoms with Gasteiger partial charge in [0.1, 0.15) is 23.8 Å². The summed E-state index contributed by atoms with van der Waals surface area (Å²) in [5.74, 6) is 0.0509. The molecule has 0 radical (unpaired) electrons. The molecule has 4 rings (SSSR count). The Bertz CT molecular complexity index is 1290. The second-order valence-electron chi connectivity index (χ2n) is 8.84. The van der Waals surface area contributed by atoms with Gasteiger partial charge in [-0.3, -0.25) is 19.7 Å². The van der Waals surface area contributed by atoms with Crippen LogP contribution in [0.1, 0.15) is 25.5 Å². The van der Waals surface area contributed by atoms with Crippen LogP contribution >= 0.6 is 15.9 Å². The molecule has 0 bridgehead atoms. The summed E-state index contributed by atoms with van der Waals surface area (Å²) in [6.07, 6.45) is 0.373. The average Bonchev–Trinajstić information content (AvgIpc) is 2.99. The highest BCUT2D eigenvalue weighted by atomic mass is 79.9. The Morgan fingerprint density at radius 3 is 2.59 bits per heavy atom. The van der Waals surface area contributed by atoms with Crippen molar-refractivity contribution in [2.45, 2.75) is 26.0 Å². The number of nitrogens with one attached hydrogen (secondary N) is 2. The number of hydrogen-bond donors (Lipinski definition) is 2. The van der Waals surface area contributed by atoms with E-state index in [-0.39, 0.29) is 36.5 Å². The number of halogens is 1. The van der Waals surface area contributed by atoms with E-state index in [1.807, 2.05) is 38.1 Å². The molecular formula is C26H26BrN5O5. The summed E-state index contributed by atoms with van der Waals surface area (Å²) in [7, 11) is 0. The molecule has 0 fully saturated rings. The molecule has 0 saturated carbocycles. The van der Waals surface area contributed by atoms with E-state index in [0.717, 1.165) is 10.7 Å². The fourth-order valence-electron chi connectivity index (χ4n) is 4.06. The SMILES string of the molecule is CC(C)C1Oc2ccc(Br)cc2C(C(=O)Nc2ccccc2)N(CCNc2ccc([N+](=O)[O-])cn2)C1=O. The van der Waals surface area contributed by atoms with E-state index in [4.69, 9.17) is 4.74 Å². The van der Waals surface area contributed by atoms with Crippen molar-refractivity contribution in [2.24, 2.45) is 5.92 Å². The maximum absolute atomic E-state index is 13.8. The van der Waals surface area contributed by atoms with Crippen LogP contribution in [0.2, 0.25) is 0 Å². The predicted molar refractivity (Wildman–Crippen MR) is 142 cm³/mol. The summed E-state index contributed by atoms with van der Waals surface area (Å²) in [4.78, 5) is 43.4. The molecule has 11 heteroatoms. The van der Waals surface area contributed by atoms with Crippen molar-refractivity contribution in [3.05, 3.63) is 87.0 Å². The van der Waals surface area contributed by atoms with Gasteiger partial charge in [0.15, 0.2) is 6.10 Å². The molecule has 0 spiro atoms. The number of anilines is 2. The third-order valence-corrected chi connectivity index (χ3v) is 6.36. The smallest absolute Gasteiger partial charge is 0.287 e. The monoisotopic (exact) mass is 567 g/mol. The van der Waals surface area contributed by atoms with Crippen LogP contribution in [0.15, 0.2) is 71.3 Å². The zero-order valence-electron chi connectivity index (χ0n) is 20.3. The largest absolute Gasteiger partial charge is 0.480 e. The van der Waals surface area contributed by atoms with Crippen LogP contribution in [0.3, 0.4) is 0 Å². The number of benzene rings is 2. The Morgan fingerprint density at radius 2 is 1.95 bits per heavy atom. The van der Waals surface area contributed by atoms with Crippen LogP contribution in [-0.2, 0) is 9.59 Å². The Labute approximate surface area is 222 Å². The zero-order valence-corrected chi connectivity index (χ0v) is 21.8. The van der Waals surface area contributed by atoms with Gasteiger partial charge in [-0.15, -0.1) is 0 Å². The number of carbonyl (C=O) groups excluding carboxylic acids is 2. The van der Waals surface area contributed by atoms with Gasteiger partial charge in [-0.1, -0.05) is 48.0 Å². The Balaban J connectivity index is 1.66. The predicted octanol–water partition coefficient (Wildman–Crippen LogP) is 4.79.